The molecule has 0 amide bonds. The first-order chi connectivity index (χ1) is 8.58. The van der Waals surface area contributed by atoms with Gasteiger partial charge < -0.3 is 5.73 Å². The number of nitrogens with two attached hydrogens (primary N) is 1. The molecule has 0 bridgehead atoms. The van der Waals surface area contributed by atoms with Crippen LogP contribution in [-0.2, 0) is 6.42 Å². The summed E-state index contributed by atoms with van der Waals surface area (Å²) in [7, 11) is 0. The van der Waals surface area contributed by atoms with Crippen LogP contribution in [0.2, 0.25) is 10.0 Å². The summed E-state index contributed by atoms with van der Waals surface area (Å²) in [5.74, 6) is -0.407. The van der Waals surface area contributed by atoms with Gasteiger partial charge in [0.1, 0.15) is 5.82 Å². The zero-order chi connectivity index (χ0) is 13.1. The minimum Gasteiger partial charge on any atom is -0.324 e. The van der Waals surface area contributed by atoms with Crippen LogP contribution in [0.25, 0.3) is 0 Å². The van der Waals surface area contributed by atoms with E-state index in [1.165, 1.54) is 6.20 Å². The molecule has 0 spiro atoms. The second kappa shape index (κ2) is 5.65. The van der Waals surface area contributed by atoms with Crippen molar-refractivity contribution < 1.29 is 4.39 Å². The lowest BCUT2D eigenvalue weighted by molar-refractivity contribution is 0.574. The van der Waals surface area contributed by atoms with Crippen molar-refractivity contribution in [3.8, 4) is 0 Å². The van der Waals surface area contributed by atoms with Crippen molar-refractivity contribution in [2.45, 2.75) is 12.5 Å². The topological polar surface area (TPSA) is 38.9 Å². The highest BCUT2D eigenvalue weighted by atomic mass is 35.5. The normalized spacial score (nSPS) is 12.4. The molecule has 0 aliphatic heterocycles. The SMILES string of the molecule is NC(Cc1ccc(Cl)cc1Cl)c1ccncc1F. The highest BCUT2D eigenvalue weighted by Crippen LogP contribution is 2.25. The van der Waals surface area contributed by atoms with Gasteiger partial charge in [-0.15, -0.1) is 0 Å². The van der Waals surface area contributed by atoms with E-state index in [2.05, 4.69) is 4.98 Å². The van der Waals surface area contributed by atoms with Crippen molar-refractivity contribution >= 4 is 23.2 Å². The lowest BCUT2D eigenvalue weighted by atomic mass is 10.0. The van der Waals surface area contributed by atoms with Crippen molar-refractivity contribution in [2.75, 3.05) is 0 Å². The van der Waals surface area contributed by atoms with Gasteiger partial charge in [0, 0.05) is 27.8 Å². The Hall–Kier alpha value is -1.16. The summed E-state index contributed by atoms with van der Waals surface area (Å²) in [5, 5.41) is 1.10. The highest BCUT2D eigenvalue weighted by molar-refractivity contribution is 6.35. The molecule has 0 saturated carbocycles. The standard InChI is InChI=1S/C13H11Cl2FN2/c14-9-2-1-8(11(15)6-9)5-13(17)10-3-4-18-7-12(10)16/h1-4,6-7,13H,5,17H2. The van der Waals surface area contributed by atoms with Gasteiger partial charge in [0.25, 0.3) is 0 Å². The number of hydrogen-bond acceptors (Lipinski definition) is 2. The Morgan fingerprint density at radius 2 is 2.06 bits per heavy atom. The maximum absolute atomic E-state index is 13.5. The van der Waals surface area contributed by atoms with Crippen molar-refractivity contribution in [2.24, 2.45) is 5.73 Å². The van der Waals surface area contributed by atoms with Crippen molar-refractivity contribution in [3.63, 3.8) is 0 Å². The zero-order valence-electron chi connectivity index (χ0n) is 9.41. The summed E-state index contributed by atoms with van der Waals surface area (Å²) in [4.78, 5) is 3.69. The number of nitrogens with zero attached hydrogens (tertiary/aromatic N) is 1. The Morgan fingerprint density at radius 1 is 1.28 bits per heavy atom. The first-order valence-corrected chi connectivity index (χ1v) is 6.12. The fourth-order valence-electron chi connectivity index (χ4n) is 1.72. The molecular weight excluding hydrogens is 274 g/mol. The van der Waals surface area contributed by atoms with Crippen LogP contribution >= 0.6 is 23.2 Å². The molecule has 18 heavy (non-hydrogen) atoms. The van der Waals surface area contributed by atoms with E-state index in [1.807, 2.05) is 0 Å². The first kappa shape index (κ1) is 13.3. The third-order valence-electron chi connectivity index (χ3n) is 2.66. The van der Waals surface area contributed by atoms with E-state index in [0.717, 1.165) is 11.8 Å². The van der Waals surface area contributed by atoms with Gasteiger partial charge in [0.2, 0.25) is 0 Å². The maximum Gasteiger partial charge on any atom is 0.146 e. The second-order valence-electron chi connectivity index (χ2n) is 3.94. The van der Waals surface area contributed by atoms with Crippen molar-refractivity contribution in [1.29, 1.82) is 0 Å². The van der Waals surface area contributed by atoms with Crippen LogP contribution < -0.4 is 5.73 Å². The molecule has 1 atom stereocenters. The van der Waals surface area contributed by atoms with Gasteiger partial charge in [0.15, 0.2) is 0 Å². The third kappa shape index (κ3) is 2.99. The lowest BCUT2D eigenvalue weighted by Crippen LogP contribution is -2.15. The zero-order valence-corrected chi connectivity index (χ0v) is 10.9. The van der Waals surface area contributed by atoms with Gasteiger partial charge in [-0.05, 0) is 30.2 Å². The molecule has 0 radical (unpaired) electrons. The minimum atomic E-state index is -0.466. The van der Waals surface area contributed by atoms with Crippen LogP contribution in [0.4, 0.5) is 4.39 Å². The molecule has 0 fully saturated rings. The molecule has 1 aromatic carbocycles. The highest BCUT2D eigenvalue weighted by Gasteiger charge is 2.13. The molecule has 2 nitrogen and oxygen atoms in total. The third-order valence-corrected chi connectivity index (χ3v) is 3.25. The fraction of sp³-hybridized carbons (Fsp3) is 0.154. The van der Waals surface area contributed by atoms with Crippen LogP contribution in [0.1, 0.15) is 17.2 Å². The minimum absolute atomic E-state index is 0.407. The van der Waals surface area contributed by atoms with E-state index in [-0.39, 0.29) is 0 Å². The van der Waals surface area contributed by atoms with E-state index in [9.17, 15) is 4.39 Å². The van der Waals surface area contributed by atoms with Gasteiger partial charge in [-0.25, -0.2) is 4.39 Å². The van der Waals surface area contributed by atoms with Crippen LogP contribution in [0, 0.1) is 5.82 Å². The summed E-state index contributed by atoms with van der Waals surface area (Å²) in [6.07, 6.45) is 3.11. The predicted molar refractivity (Wildman–Crippen MR) is 71.3 cm³/mol. The molecule has 2 N–H and O–H groups in total. The Labute approximate surface area is 115 Å². The number of halogens is 3. The monoisotopic (exact) mass is 284 g/mol. The summed E-state index contributed by atoms with van der Waals surface area (Å²) >= 11 is 11.9. The van der Waals surface area contributed by atoms with E-state index in [0.29, 0.717) is 22.0 Å². The van der Waals surface area contributed by atoms with Crippen LogP contribution in [-0.4, -0.2) is 4.98 Å². The Morgan fingerprint density at radius 3 is 2.72 bits per heavy atom. The van der Waals surface area contributed by atoms with Crippen LogP contribution in [0.5, 0.6) is 0 Å². The summed E-state index contributed by atoms with van der Waals surface area (Å²) < 4.78 is 13.5. The van der Waals surface area contributed by atoms with E-state index >= 15 is 0 Å². The Balaban J connectivity index is 2.21. The largest absolute Gasteiger partial charge is 0.324 e. The number of benzene rings is 1. The van der Waals surface area contributed by atoms with Gasteiger partial charge >= 0.3 is 0 Å². The molecule has 0 aliphatic carbocycles. The number of aromatic nitrogens is 1. The molecule has 2 aromatic rings. The fourth-order valence-corrected chi connectivity index (χ4v) is 2.21. The molecule has 0 aliphatic rings. The van der Waals surface area contributed by atoms with Crippen LogP contribution in [0.3, 0.4) is 0 Å². The lowest BCUT2D eigenvalue weighted by Gasteiger charge is -2.13. The Bertz CT molecular complexity index is 560. The molecule has 94 valence electrons. The van der Waals surface area contributed by atoms with Gasteiger partial charge in [0.05, 0.1) is 6.20 Å². The van der Waals surface area contributed by atoms with E-state index in [4.69, 9.17) is 28.9 Å². The maximum atomic E-state index is 13.5. The molecule has 1 aromatic heterocycles. The van der Waals surface area contributed by atoms with Crippen LogP contribution in [0.15, 0.2) is 36.7 Å². The number of rotatable bonds is 3. The second-order valence-corrected chi connectivity index (χ2v) is 4.79. The number of pyridine rings is 1. The number of hydrogen-bond donors (Lipinski definition) is 1. The summed E-state index contributed by atoms with van der Waals surface area (Å²) in [6, 6.07) is 6.28. The van der Waals surface area contributed by atoms with Crippen molar-refractivity contribution in [3.05, 3.63) is 63.6 Å². The van der Waals surface area contributed by atoms with E-state index in [1.54, 1.807) is 24.3 Å². The van der Waals surface area contributed by atoms with E-state index < -0.39 is 11.9 Å². The Kier molecular flexibility index (Phi) is 4.17. The quantitative estimate of drug-likeness (QED) is 0.932. The average Bonchev–Trinajstić information content (AvgIpc) is 2.33. The molecular formula is C13H11Cl2FN2. The molecule has 2 rings (SSSR count). The van der Waals surface area contributed by atoms with Gasteiger partial charge in [-0.1, -0.05) is 29.3 Å². The molecule has 1 unspecified atom stereocenters. The predicted octanol–water partition coefficient (Wildman–Crippen LogP) is 3.77. The molecule has 0 saturated heterocycles. The average molecular weight is 285 g/mol. The first-order valence-electron chi connectivity index (χ1n) is 5.37. The molecule has 5 heteroatoms. The summed E-state index contributed by atoms with van der Waals surface area (Å²) in [6.45, 7) is 0. The molecule has 1 heterocycles. The summed E-state index contributed by atoms with van der Waals surface area (Å²) in [5.41, 5.74) is 7.24. The van der Waals surface area contributed by atoms with Crippen molar-refractivity contribution in [1.82, 2.24) is 4.98 Å². The van der Waals surface area contributed by atoms with Gasteiger partial charge in [-0.3, -0.25) is 4.98 Å². The smallest absolute Gasteiger partial charge is 0.146 e. The van der Waals surface area contributed by atoms with Gasteiger partial charge in [-0.2, -0.15) is 0 Å².